The van der Waals surface area contributed by atoms with Crippen LogP contribution in [0, 0.1) is 0 Å². The van der Waals surface area contributed by atoms with Gasteiger partial charge < -0.3 is 9.64 Å². The van der Waals surface area contributed by atoms with Crippen LogP contribution in [0.4, 0.5) is 0 Å². The third-order valence-electron chi connectivity index (χ3n) is 1.83. The second-order valence-corrected chi connectivity index (χ2v) is 3.85. The highest BCUT2D eigenvalue weighted by atomic mass is 32.1. The second-order valence-electron chi connectivity index (χ2n) is 3.06. The van der Waals surface area contributed by atoms with Crippen molar-refractivity contribution >= 4 is 23.4 Å². The van der Waals surface area contributed by atoms with E-state index in [9.17, 15) is 9.59 Å². The topological polar surface area (TPSA) is 72.4 Å². The molecule has 0 aliphatic carbocycles. The highest BCUT2D eigenvalue weighted by molar-refractivity contribution is 7.07. The Balaban J connectivity index is 2.68. The zero-order valence-electron chi connectivity index (χ0n) is 9.46. The molecule has 1 rings (SSSR count). The summed E-state index contributed by atoms with van der Waals surface area (Å²) in [6, 6.07) is 0. The predicted octanol–water partition coefficient (Wildman–Crippen LogP) is 0.729. The van der Waals surface area contributed by atoms with E-state index in [0.29, 0.717) is 4.88 Å². The number of aromatic nitrogens is 2. The van der Waals surface area contributed by atoms with Crippen LogP contribution in [-0.2, 0) is 9.53 Å². The van der Waals surface area contributed by atoms with E-state index < -0.39 is 5.97 Å². The van der Waals surface area contributed by atoms with Gasteiger partial charge in [0.1, 0.15) is 11.4 Å². The lowest BCUT2D eigenvalue weighted by molar-refractivity contribution is -0.143. The van der Waals surface area contributed by atoms with Crippen LogP contribution in [0.2, 0.25) is 0 Å². The number of carbonyl (C=O) groups is 2. The lowest BCUT2D eigenvalue weighted by Gasteiger charge is -2.18. The van der Waals surface area contributed by atoms with Gasteiger partial charge in [-0.15, -0.1) is 11.7 Å². The number of hydrogen-bond acceptors (Lipinski definition) is 6. The Morgan fingerprint density at radius 2 is 2.41 bits per heavy atom. The van der Waals surface area contributed by atoms with Crippen molar-refractivity contribution < 1.29 is 14.3 Å². The highest BCUT2D eigenvalue weighted by Crippen LogP contribution is 2.07. The Morgan fingerprint density at radius 1 is 1.65 bits per heavy atom. The molecular weight excluding hydrogens is 242 g/mol. The van der Waals surface area contributed by atoms with Crippen LogP contribution in [0.3, 0.4) is 0 Å². The number of nitrogens with zero attached hydrogens (tertiary/aromatic N) is 3. The van der Waals surface area contributed by atoms with E-state index in [1.807, 2.05) is 0 Å². The summed E-state index contributed by atoms with van der Waals surface area (Å²) < 4.78 is 8.39. The fraction of sp³-hybridized carbons (Fsp3) is 0.400. The van der Waals surface area contributed by atoms with E-state index >= 15 is 0 Å². The summed E-state index contributed by atoms with van der Waals surface area (Å²) in [6.07, 6.45) is 2.92. The number of esters is 1. The standard InChI is InChI=1S/C10H13N3O3S/c1-3-5-13(7-9(14)16-4-2)10(15)8-6-11-12-17-8/h3,6H,1,4-5,7H2,2H3. The normalized spacial score (nSPS) is 9.71. The summed E-state index contributed by atoms with van der Waals surface area (Å²) in [4.78, 5) is 25.0. The summed E-state index contributed by atoms with van der Waals surface area (Å²) >= 11 is 0.987. The van der Waals surface area contributed by atoms with Crippen molar-refractivity contribution in [3.05, 3.63) is 23.7 Å². The Labute approximate surface area is 103 Å². The van der Waals surface area contributed by atoms with Crippen molar-refractivity contribution in [2.45, 2.75) is 6.92 Å². The van der Waals surface area contributed by atoms with E-state index in [1.54, 1.807) is 13.0 Å². The van der Waals surface area contributed by atoms with Crippen molar-refractivity contribution in [3.8, 4) is 0 Å². The Bertz CT molecular complexity index is 392. The van der Waals surface area contributed by atoms with Crippen molar-refractivity contribution in [1.82, 2.24) is 14.5 Å². The summed E-state index contributed by atoms with van der Waals surface area (Å²) in [5.41, 5.74) is 0. The van der Waals surface area contributed by atoms with Crippen LogP contribution in [0.5, 0.6) is 0 Å². The minimum Gasteiger partial charge on any atom is -0.465 e. The molecule has 0 aliphatic heterocycles. The average molecular weight is 255 g/mol. The molecule has 0 aliphatic rings. The van der Waals surface area contributed by atoms with Gasteiger partial charge in [-0.1, -0.05) is 10.6 Å². The zero-order chi connectivity index (χ0) is 12.7. The van der Waals surface area contributed by atoms with Gasteiger partial charge in [-0.3, -0.25) is 9.59 Å². The average Bonchev–Trinajstić information content (AvgIpc) is 2.81. The molecule has 1 aromatic rings. The first kappa shape index (κ1) is 13.3. The smallest absolute Gasteiger partial charge is 0.325 e. The zero-order valence-corrected chi connectivity index (χ0v) is 10.3. The quantitative estimate of drug-likeness (QED) is 0.553. The molecule has 1 amide bonds. The second kappa shape index (κ2) is 6.74. The molecule has 0 saturated heterocycles. The van der Waals surface area contributed by atoms with Crippen molar-refractivity contribution in [1.29, 1.82) is 0 Å². The van der Waals surface area contributed by atoms with Gasteiger partial charge in [0.05, 0.1) is 12.8 Å². The molecule has 92 valence electrons. The van der Waals surface area contributed by atoms with Crippen LogP contribution in [0.1, 0.15) is 16.6 Å². The summed E-state index contributed by atoms with van der Waals surface area (Å²) in [5.74, 6) is -0.742. The van der Waals surface area contributed by atoms with Gasteiger partial charge in [-0.05, 0) is 18.5 Å². The van der Waals surface area contributed by atoms with Crippen LogP contribution < -0.4 is 0 Å². The van der Waals surface area contributed by atoms with E-state index in [4.69, 9.17) is 4.74 Å². The first-order valence-corrected chi connectivity index (χ1v) is 5.79. The number of amides is 1. The third kappa shape index (κ3) is 3.95. The lowest BCUT2D eigenvalue weighted by atomic mass is 10.4. The monoisotopic (exact) mass is 255 g/mol. The van der Waals surface area contributed by atoms with Crippen LogP contribution in [0.25, 0.3) is 0 Å². The van der Waals surface area contributed by atoms with E-state index in [-0.39, 0.29) is 25.6 Å². The first-order valence-electron chi connectivity index (χ1n) is 5.02. The molecule has 1 heterocycles. The molecule has 0 unspecified atom stereocenters. The SMILES string of the molecule is C=CCN(CC(=O)OCC)C(=O)c1cnns1. The summed E-state index contributed by atoms with van der Waals surface area (Å²) in [6.45, 7) is 5.72. The molecule has 6 nitrogen and oxygen atoms in total. The van der Waals surface area contributed by atoms with Gasteiger partial charge in [0.25, 0.3) is 5.91 Å². The van der Waals surface area contributed by atoms with Gasteiger partial charge in [0.2, 0.25) is 0 Å². The molecule has 1 aromatic heterocycles. The summed E-state index contributed by atoms with van der Waals surface area (Å²) in [7, 11) is 0. The molecule has 0 saturated carbocycles. The molecule has 0 bridgehead atoms. The Morgan fingerprint density at radius 3 is 2.94 bits per heavy atom. The Kier molecular flexibility index (Phi) is 5.28. The maximum atomic E-state index is 11.9. The molecule has 7 heteroatoms. The number of carbonyl (C=O) groups excluding carboxylic acids is 2. The minimum absolute atomic E-state index is 0.101. The maximum Gasteiger partial charge on any atom is 0.325 e. The van der Waals surface area contributed by atoms with Gasteiger partial charge in [-0.2, -0.15) is 0 Å². The number of hydrogen-bond donors (Lipinski definition) is 0. The molecular formula is C10H13N3O3S. The van der Waals surface area contributed by atoms with E-state index in [0.717, 1.165) is 11.5 Å². The number of rotatable bonds is 6. The lowest BCUT2D eigenvalue weighted by Crippen LogP contribution is -2.36. The largest absolute Gasteiger partial charge is 0.465 e. The molecule has 0 radical (unpaired) electrons. The first-order chi connectivity index (χ1) is 8.19. The van der Waals surface area contributed by atoms with E-state index in [1.165, 1.54) is 11.1 Å². The maximum absolute atomic E-state index is 11.9. The van der Waals surface area contributed by atoms with Gasteiger partial charge in [-0.25, -0.2) is 0 Å². The van der Waals surface area contributed by atoms with Crippen LogP contribution in [-0.4, -0.2) is 46.1 Å². The Hall–Kier alpha value is -1.76. The molecule has 17 heavy (non-hydrogen) atoms. The highest BCUT2D eigenvalue weighted by Gasteiger charge is 2.19. The number of ether oxygens (including phenoxy) is 1. The van der Waals surface area contributed by atoms with Crippen molar-refractivity contribution in [2.75, 3.05) is 19.7 Å². The van der Waals surface area contributed by atoms with Crippen molar-refractivity contribution in [3.63, 3.8) is 0 Å². The fourth-order valence-electron chi connectivity index (χ4n) is 1.15. The summed E-state index contributed by atoms with van der Waals surface area (Å²) in [5, 5.41) is 3.58. The van der Waals surface area contributed by atoms with Gasteiger partial charge >= 0.3 is 5.97 Å². The van der Waals surface area contributed by atoms with Crippen LogP contribution >= 0.6 is 11.5 Å². The van der Waals surface area contributed by atoms with E-state index in [2.05, 4.69) is 16.2 Å². The molecule has 0 atom stereocenters. The molecule has 0 aromatic carbocycles. The molecule has 0 spiro atoms. The van der Waals surface area contributed by atoms with Crippen LogP contribution in [0.15, 0.2) is 18.9 Å². The minimum atomic E-state index is -0.444. The molecule has 0 fully saturated rings. The van der Waals surface area contributed by atoms with Gasteiger partial charge in [0, 0.05) is 6.54 Å². The third-order valence-corrected chi connectivity index (χ3v) is 2.49. The fourth-order valence-corrected chi connectivity index (χ4v) is 1.64. The molecule has 0 N–H and O–H groups in total. The van der Waals surface area contributed by atoms with Crippen molar-refractivity contribution in [2.24, 2.45) is 0 Å². The predicted molar refractivity (Wildman–Crippen MR) is 62.6 cm³/mol. The van der Waals surface area contributed by atoms with Gasteiger partial charge in [0.15, 0.2) is 0 Å².